The van der Waals surface area contributed by atoms with Crippen molar-refractivity contribution in [2.75, 3.05) is 23.3 Å². The van der Waals surface area contributed by atoms with Gasteiger partial charge in [0.2, 0.25) is 0 Å². The lowest BCUT2D eigenvalue weighted by molar-refractivity contribution is -0.137. The van der Waals surface area contributed by atoms with E-state index in [0.717, 1.165) is 44.1 Å². The van der Waals surface area contributed by atoms with Crippen LogP contribution in [0.15, 0.2) is 30.6 Å². The molecule has 2 heterocycles. The Labute approximate surface area is 153 Å². The number of rotatable bonds is 3. The van der Waals surface area contributed by atoms with Crippen molar-refractivity contribution in [2.45, 2.75) is 25.4 Å². The maximum absolute atomic E-state index is 12.8. The van der Waals surface area contributed by atoms with Gasteiger partial charge in [-0.3, -0.25) is 4.79 Å². The fourth-order valence-corrected chi connectivity index (χ4v) is 2.87. The van der Waals surface area contributed by atoms with Crippen molar-refractivity contribution in [1.29, 1.82) is 0 Å². The summed E-state index contributed by atoms with van der Waals surface area (Å²) in [5, 5.41) is 2.35. The Morgan fingerprint density at radius 2 is 1.85 bits per heavy atom. The Bertz CT molecular complexity index is 790. The summed E-state index contributed by atoms with van der Waals surface area (Å²) in [6, 6.07) is 2.73. The normalized spacial score (nSPS) is 15.0. The summed E-state index contributed by atoms with van der Waals surface area (Å²) in [5.41, 5.74) is -1.03. The SMILES string of the molecule is O=C(Nc1cc(C(F)(F)F)ccc1Cl)c1cnc(N2CCCCC2)cn1. The minimum Gasteiger partial charge on any atom is -0.355 e. The van der Waals surface area contributed by atoms with Gasteiger partial charge in [0.1, 0.15) is 11.5 Å². The van der Waals surface area contributed by atoms with Crippen LogP contribution >= 0.6 is 11.6 Å². The van der Waals surface area contributed by atoms with Gasteiger partial charge in [-0.15, -0.1) is 0 Å². The lowest BCUT2D eigenvalue weighted by Crippen LogP contribution is -2.30. The van der Waals surface area contributed by atoms with Crippen LogP contribution in [-0.2, 0) is 6.18 Å². The first-order valence-electron chi connectivity index (χ1n) is 8.10. The molecule has 0 aliphatic carbocycles. The van der Waals surface area contributed by atoms with E-state index in [9.17, 15) is 18.0 Å². The fraction of sp³-hybridized carbons (Fsp3) is 0.353. The average molecular weight is 385 g/mol. The Morgan fingerprint density at radius 3 is 2.46 bits per heavy atom. The van der Waals surface area contributed by atoms with Gasteiger partial charge in [-0.1, -0.05) is 11.6 Å². The van der Waals surface area contributed by atoms with E-state index in [1.807, 2.05) is 0 Å². The van der Waals surface area contributed by atoms with E-state index >= 15 is 0 Å². The molecule has 1 aliphatic heterocycles. The number of alkyl halides is 3. The second-order valence-corrected chi connectivity index (χ2v) is 6.36. The third kappa shape index (κ3) is 4.24. The van der Waals surface area contributed by atoms with Gasteiger partial charge < -0.3 is 10.2 Å². The number of amides is 1. The second-order valence-electron chi connectivity index (χ2n) is 5.95. The zero-order valence-electron chi connectivity index (χ0n) is 13.7. The minimum atomic E-state index is -4.53. The van der Waals surface area contributed by atoms with Crippen LogP contribution in [0.4, 0.5) is 24.7 Å². The molecular weight excluding hydrogens is 369 g/mol. The molecule has 138 valence electrons. The smallest absolute Gasteiger partial charge is 0.355 e. The standard InChI is InChI=1S/C17H16ClF3N4O/c18-12-5-4-11(17(19,20)21)8-13(12)24-16(26)14-9-23-15(10-22-14)25-6-2-1-3-7-25/h4-5,8-10H,1-3,6-7H2,(H,24,26). The Morgan fingerprint density at radius 1 is 1.12 bits per heavy atom. The highest BCUT2D eigenvalue weighted by Crippen LogP contribution is 2.33. The number of halogens is 4. The van der Waals surface area contributed by atoms with Crippen molar-refractivity contribution >= 4 is 29.0 Å². The van der Waals surface area contributed by atoms with Crippen LogP contribution in [0.1, 0.15) is 35.3 Å². The molecule has 9 heteroatoms. The summed E-state index contributed by atoms with van der Waals surface area (Å²) in [4.78, 5) is 22.6. The van der Waals surface area contributed by atoms with Crippen LogP contribution in [0.3, 0.4) is 0 Å². The van der Waals surface area contributed by atoms with Crippen molar-refractivity contribution < 1.29 is 18.0 Å². The predicted octanol–water partition coefficient (Wildman–Crippen LogP) is 4.39. The highest BCUT2D eigenvalue weighted by atomic mass is 35.5. The van der Waals surface area contributed by atoms with Crippen LogP contribution in [-0.4, -0.2) is 29.0 Å². The summed E-state index contributed by atoms with van der Waals surface area (Å²) in [5.74, 6) is 0.00210. The molecule has 1 aromatic carbocycles. The minimum absolute atomic E-state index is 0.000706. The van der Waals surface area contributed by atoms with Crippen molar-refractivity contribution in [3.63, 3.8) is 0 Å². The Kier molecular flexibility index (Phi) is 5.31. The molecule has 1 N–H and O–H groups in total. The maximum Gasteiger partial charge on any atom is 0.416 e. The van der Waals surface area contributed by atoms with Gasteiger partial charge in [0.25, 0.3) is 5.91 Å². The van der Waals surface area contributed by atoms with E-state index in [1.165, 1.54) is 18.8 Å². The summed E-state index contributed by atoms with van der Waals surface area (Å²) >= 11 is 5.88. The molecule has 1 aromatic heterocycles. The Hall–Kier alpha value is -2.35. The first kappa shape index (κ1) is 18.4. The topological polar surface area (TPSA) is 58.1 Å². The monoisotopic (exact) mass is 384 g/mol. The van der Waals surface area contributed by atoms with E-state index in [-0.39, 0.29) is 16.4 Å². The van der Waals surface area contributed by atoms with Gasteiger partial charge >= 0.3 is 6.18 Å². The third-order valence-electron chi connectivity index (χ3n) is 4.09. The predicted molar refractivity (Wildman–Crippen MR) is 92.5 cm³/mol. The first-order chi connectivity index (χ1) is 12.3. The van der Waals surface area contributed by atoms with Crippen molar-refractivity contribution in [3.05, 3.63) is 46.9 Å². The lowest BCUT2D eigenvalue weighted by Gasteiger charge is -2.27. The third-order valence-corrected chi connectivity index (χ3v) is 4.42. The van der Waals surface area contributed by atoms with Gasteiger partial charge in [0.05, 0.1) is 28.7 Å². The summed E-state index contributed by atoms with van der Waals surface area (Å²) in [6.07, 6.45) is 1.62. The molecule has 1 amide bonds. The number of nitrogens with one attached hydrogen (secondary N) is 1. The van der Waals surface area contributed by atoms with Gasteiger partial charge in [0, 0.05) is 13.1 Å². The van der Waals surface area contributed by atoms with Crippen LogP contribution in [0.2, 0.25) is 5.02 Å². The van der Waals surface area contributed by atoms with Crippen LogP contribution in [0, 0.1) is 0 Å². The van der Waals surface area contributed by atoms with Gasteiger partial charge in [-0.25, -0.2) is 9.97 Å². The maximum atomic E-state index is 12.8. The van der Waals surface area contributed by atoms with Crippen LogP contribution in [0.5, 0.6) is 0 Å². The summed E-state index contributed by atoms with van der Waals surface area (Å²) < 4.78 is 38.4. The molecule has 0 atom stereocenters. The highest BCUT2D eigenvalue weighted by Gasteiger charge is 2.31. The number of nitrogens with zero attached hydrogens (tertiary/aromatic N) is 3. The molecule has 0 saturated carbocycles. The Balaban J connectivity index is 1.74. The van der Waals surface area contributed by atoms with E-state index in [1.54, 1.807) is 0 Å². The van der Waals surface area contributed by atoms with Gasteiger partial charge in [-0.05, 0) is 37.5 Å². The number of hydrogen-bond acceptors (Lipinski definition) is 4. The molecule has 0 radical (unpaired) electrons. The lowest BCUT2D eigenvalue weighted by atomic mass is 10.1. The number of carbonyl (C=O) groups excluding carboxylic acids is 1. The summed E-state index contributed by atoms with van der Waals surface area (Å²) in [7, 11) is 0. The molecule has 1 fully saturated rings. The molecule has 0 unspecified atom stereocenters. The van der Waals surface area contributed by atoms with E-state index < -0.39 is 17.6 Å². The molecule has 1 saturated heterocycles. The van der Waals surface area contributed by atoms with Gasteiger partial charge in [-0.2, -0.15) is 13.2 Å². The van der Waals surface area contributed by atoms with E-state index in [0.29, 0.717) is 5.82 Å². The molecule has 3 rings (SSSR count). The molecule has 0 bridgehead atoms. The largest absolute Gasteiger partial charge is 0.416 e. The summed E-state index contributed by atoms with van der Waals surface area (Å²) in [6.45, 7) is 1.78. The van der Waals surface area contributed by atoms with Crippen molar-refractivity contribution in [1.82, 2.24) is 9.97 Å². The quantitative estimate of drug-likeness (QED) is 0.852. The number of piperidine rings is 1. The molecule has 5 nitrogen and oxygen atoms in total. The highest BCUT2D eigenvalue weighted by molar-refractivity contribution is 6.33. The van der Waals surface area contributed by atoms with Crippen LogP contribution in [0.25, 0.3) is 0 Å². The number of aromatic nitrogens is 2. The number of benzene rings is 1. The second kappa shape index (κ2) is 7.49. The molecule has 26 heavy (non-hydrogen) atoms. The van der Waals surface area contributed by atoms with Crippen molar-refractivity contribution in [2.24, 2.45) is 0 Å². The van der Waals surface area contributed by atoms with Crippen LogP contribution < -0.4 is 10.2 Å². The van der Waals surface area contributed by atoms with Gasteiger partial charge in [0.15, 0.2) is 0 Å². The van der Waals surface area contributed by atoms with E-state index in [2.05, 4.69) is 20.2 Å². The average Bonchev–Trinajstić information content (AvgIpc) is 2.63. The van der Waals surface area contributed by atoms with E-state index in [4.69, 9.17) is 11.6 Å². The zero-order chi connectivity index (χ0) is 18.7. The number of hydrogen-bond donors (Lipinski definition) is 1. The molecule has 0 spiro atoms. The fourth-order valence-electron chi connectivity index (χ4n) is 2.71. The molecular formula is C17H16ClF3N4O. The molecule has 2 aromatic rings. The number of anilines is 2. The first-order valence-corrected chi connectivity index (χ1v) is 8.47. The van der Waals surface area contributed by atoms with Crippen molar-refractivity contribution in [3.8, 4) is 0 Å². The molecule has 1 aliphatic rings. The zero-order valence-corrected chi connectivity index (χ0v) is 14.4. The number of carbonyl (C=O) groups is 1.